The van der Waals surface area contributed by atoms with E-state index in [-0.39, 0.29) is 23.4 Å². The molecule has 2 fully saturated rings. The average molecular weight is 616 g/mol. The predicted octanol–water partition coefficient (Wildman–Crippen LogP) is 4.14. The Morgan fingerprint density at radius 2 is 1.79 bits per heavy atom. The molecule has 1 saturated heterocycles. The molecule has 2 aromatic carbocycles. The summed E-state index contributed by atoms with van der Waals surface area (Å²) in [5.41, 5.74) is 0.390. The number of alkyl halides is 2. The number of carbonyl (C=O) groups is 2. The smallest absolute Gasteiger partial charge is 0.252 e. The first-order valence-corrected chi connectivity index (χ1v) is 14.8. The van der Waals surface area contributed by atoms with Crippen molar-refractivity contribution in [3.8, 4) is 6.07 Å². The lowest BCUT2D eigenvalue weighted by Crippen LogP contribution is -2.56. The molecule has 9 nitrogen and oxygen atoms in total. The highest BCUT2D eigenvalue weighted by Crippen LogP contribution is 2.39. The van der Waals surface area contributed by atoms with Crippen LogP contribution in [0.25, 0.3) is 0 Å². The molecular formula is C29H25F4N5O4S. The zero-order valence-corrected chi connectivity index (χ0v) is 23.5. The van der Waals surface area contributed by atoms with Gasteiger partial charge >= 0.3 is 0 Å². The molecule has 43 heavy (non-hydrogen) atoms. The van der Waals surface area contributed by atoms with Gasteiger partial charge in [0, 0.05) is 31.1 Å². The summed E-state index contributed by atoms with van der Waals surface area (Å²) in [6.07, 6.45) is -0.333. The van der Waals surface area contributed by atoms with Gasteiger partial charge in [-0.3, -0.25) is 14.5 Å². The normalized spacial score (nSPS) is 19.6. The van der Waals surface area contributed by atoms with E-state index in [2.05, 4.69) is 10.3 Å². The number of halogens is 4. The van der Waals surface area contributed by atoms with Crippen LogP contribution in [0.1, 0.15) is 42.0 Å². The number of nitriles is 1. The second-order valence-electron chi connectivity index (χ2n) is 10.5. The molecule has 0 radical (unpaired) electrons. The van der Waals surface area contributed by atoms with Crippen molar-refractivity contribution in [3.63, 3.8) is 0 Å². The first-order valence-electron chi connectivity index (χ1n) is 13.2. The number of amides is 2. The van der Waals surface area contributed by atoms with Gasteiger partial charge in [-0.25, -0.2) is 35.3 Å². The quantitative estimate of drug-likeness (QED) is 0.399. The van der Waals surface area contributed by atoms with E-state index >= 15 is 0 Å². The molecule has 5 rings (SSSR count). The van der Waals surface area contributed by atoms with Gasteiger partial charge in [0.2, 0.25) is 15.9 Å². The summed E-state index contributed by atoms with van der Waals surface area (Å²) in [5.74, 6) is -7.76. The van der Waals surface area contributed by atoms with Crippen LogP contribution in [0, 0.1) is 29.9 Å². The van der Waals surface area contributed by atoms with E-state index in [0.717, 1.165) is 21.3 Å². The maximum Gasteiger partial charge on any atom is 0.252 e. The number of hydrogen-bond donors (Lipinski definition) is 1. The first kappa shape index (κ1) is 30.0. The molecule has 224 valence electrons. The lowest BCUT2D eigenvalue weighted by Gasteiger charge is -2.39. The molecule has 0 unspecified atom stereocenters. The number of hydrogen-bond acceptors (Lipinski definition) is 6. The zero-order valence-electron chi connectivity index (χ0n) is 22.7. The van der Waals surface area contributed by atoms with Gasteiger partial charge in [-0.15, -0.1) is 0 Å². The van der Waals surface area contributed by atoms with E-state index in [9.17, 15) is 40.8 Å². The fraction of sp³-hybridized carbons (Fsp3) is 0.310. The minimum atomic E-state index is -4.16. The van der Waals surface area contributed by atoms with Crippen LogP contribution < -0.4 is 14.5 Å². The van der Waals surface area contributed by atoms with Gasteiger partial charge in [0.05, 0.1) is 23.1 Å². The van der Waals surface area contributed by atoms with Crippen LogP contribution in [-0.2, 0) is 19.6 Å². The van der Waals surface area contributed by atoms with Gasteiger partial charge in [-0.05, 0) is 48.7 Å². The van der Waals surface area contributed by atoms with Crippen LogP contribution in [0.15, 0.2) is 60.8 Å². The summed E-state index contributed by atoms with van der Waals surface area (Å²) < 4.78 is 83.5. The molecule has 0 spiro atoms. The molecule has 3 aromatic rings. The van der Waals surface area contributed by atoms with Gasteiger partial charge in [0.15, 0.2) is 0 Å². The molecule has 1 N–H and O–H groups in total. The van der Waals surface area contributed by atoms with Crippen molar-refractivity contribution in [2.75, 3.05) is 15.0 Å². The maximum absolute atomic E-state index is 14.6. The number of aryl methyl sites for hydroxylation is 1. The molecule has 1 aromatic heterocycles. The number of anilines is 2. The van der Waals surface area contributed by atoms with Crippen LogP contribution in [0.4, 0.5) is 29.1 Å². The standard InChI is InChI=1S/C29H25F4N5O4S/c1-17-4-2-3-5-23(17)26(27(39)36-21-14-29(32,33)15-21)37(22-12-19(30)11-20(31)13-22)28(40)24-7-9-43(41,42)38(24)25-10-18(16-34)6-8-35-25/h2-6,8,10-13,21,24,26H,7,9,14-15H2,1H3,(H,36,39)/t24-,26-/m0/s1. The molecule has 2 heterocycles. The monoisotopic (exact) mass is 615 g/mol. The topological polar surface area (TPSA) is 123 Å². The van der Waals surface area contributed by atoms with Crippen LogP contribution in [0.2, 0.25) is 0 Å². The number of nitrogens with one attached hydrogen (secondary N) is 1. The summed E-state index contributed by atoms with van der Waals surface area (Å²) in [6.45, 7) is 1.63. The minimum absolute atomic E-state index is 0.0665. The predicted molar refractivity (Wildman–Crippen MR) is 147 cm³/mol. The van der Waals surface area contributed by atoms with Gasteiger partial charge < -0.3 is 5.32 Å². The van der Waals surface area contributed by atoms with E-state index in [1.165, 1.54) is 24.4 Å². The molecule has 1 aliphatic carbocycles. The van der Waals surface area contributed by atoms with Crippen molar-refractivity contribution in [2.24, 2.45) is 0 Å². The van der Waals surface area contributed by atoms with Crippen LogP contribution in [0.5, 0.6) is 0 Å². The molecule has 14 heteroatoms. The fourth-order valence-electron chi connectivity index (χ4n) is 5.38. The SMILES string of the molecule is Cc1ccccc1[C@@H](C(=O)NC1CC(F)(F)C1)N(C(=O)[C@@H]1CCS(=O)(=O)N1c1cc(C#N)ccn1)c1cc(F)cc(F)c1. The van der Waals surface area contributed by atoms with Crippen LogP contribution >= 0.6 is 0 Å². The van der Waals surface area contributed by atoms with Crippen molar-refractivity contribution >= 4 is 33.3 Å². The van der Waals surface area contributed by atoms with Crippen molar-refractivity contribution < 1.29 is 35.6 Å². The maximum atomic E-state index is 14.6. The highest BCUT2D eigenvalue weighted by Gasteiger charge is 2.49. The third-order valence-electron chi connectivity index (χ3n) is 7.41. The van der Waals surface area contributed by atoms with E-state index in [0.29, 0.717) is 11.6 Å². The van der Waals surface area contributed by atoms with Crippen molar-refractivity contribution in [1.29, 1.82) is 5.26 Å². The van der Waals surface area contributed by atoms with Crippen LogP contribution in [-0.4, -0.2) is 49.0 Å². The Hall–Kier alpha value is -4.51. The van der Waals surface area contributed by atoms with Crippen molar-refractivity contribution in [3.05, 3.63) is 89.1 Å². The Bertz CT molecular complexity index is 1720. The van der Waals surface area contributed by atoms with Crippen molar-refractivity contribution in [2.45, 2.75) is 50.2 Å². The van der Waals surface area contributed by atoms with E-state index in [4.69, 9.17) is 0 Å². The molecule has 2 amide bonds. The Balaban J connectivity index is 1.66. The third-order valence-corrected chi connectivity index (χ3v) is 9.20. The Morgan fingerprint density at radius 1 is 1.12 bits per heavy atom. The highest BCUT2D eigenvalue weighted by molar-refractivity contribution is 7.93. The number of carbonyl (C=O) groups excluding carboxylic acids is 2. The number of pyridine rings is 1. The summed E-state index contributed by atoms with van der Waals surface area (Å²) in [5, 5.41) is 11.8. The molecule has 2 aliphatic rings. The molecule has 0 bridgehead atoms. The lowest BCUT2D eigenvalue weighted by atomic mass is 9.87. The summed E-state index contributed by atoms with van der Waals surface area (Å²) in [6, 6.07) is 8.88. The molecule has 2 atom stereocenters. The van der Waals surface area contributed by atoms with E-state index < -0.39 is 81.8 Å². The number of rotatable bonds is 7. The Labute approximate surface area is 244 Å². The van der Waals surface area contributed by atoms with E-state index in [1.807, 2.05) is 6.07 Å². The van der Waals surface area contributed by atoms with Crippen LogP contribution in [0.3, 0.4) is 0 Å². The average Bonchev–Trinajstić information content (AvgIpc) is 3.25. The molecule has 1 aliphatic heterocycles. The van der Waals surface area contributed by atoms with Crippen molar-refractivity contribution in [1.82, 2.24) is 10.3 Å². The number of nitrogens with zero attached hydrogens (tertiary/aromatic N) is 4. The number of benzene rings is 2. The van der Waals surface area contributed by atoms with Gasteiger partial charge in [0.25, 0.3) is 11.8 Å². The minimum Gasteiger partial charge on any atom is -0.351 e. The number of sulfonamides is 1. The first-order chi connectivity index (χ1) is 20.3. The molecule has 1 saturated carbocycles. The van der Waals surface area contributed by atoms with E-state index in [1.54, 1.807) is 25.1 Å². The van der Waals surface area contributed by atoms with Gasteiger partial charge in [-0.1, -0.05) is 24.3 Å². The highest BCUT2D eigenvalue weighted by atomic mass is 32.2. The summed E-state index contributed by atoms with van der Waals surface area (Å²) in [7, 11) is -4.16. The second kappa shape index (κ2) is 11.3. The third kappa shape index (κ3) is 6.03. The summed E-state index contributed by atoms with van der Waals surface area (Å²) in [4.78, 5) is 33.2. The largest absolute Gasteiger partial charge is 0.351 e. The van der Waals surface area contributed by atoms with Gasteiger partial charge in [-0.2, -0.15) is 5.26 Å². The number of aromatic nitrogens is 1. The second-order valence-corrected chi connectivity index (χ2v) is 12.5. The Morgan fingerprint density at radius 3 is 2.42 bits per heavy atom. The summed E-state index contributed by atoms with van der Waals surface area (Å²) >= 11 is 0. The molecular weight excluding hydrogens is 590 g/mol. The lowest BCUT2D eigenvalue weighted by molar-refractivity contribution is -0.133. The Kier molecular flexibility index (Phi) is 7.87. The fourth-order valence-corrected chi connectivity index (χ4v) is 7.07. The van der Waals surface area contributed by atoms with Gasteiger partial charge in [0.1, 0.15) is 29.5 Å². The zero-order chi connectivity index (χ0) is 31.1.